The summed E-state index contributed by atoms with van der Waals surface area (Å²) in [6, 6.07) is 7.31. The van der Waals surface area contributed by atoms with Crippen molar-refractivity contribution in [1.82, 2.24) is 14.7 Å². The molecule has 2 N–H and O–H groups in total. The van der Waals surface area contributed by atoms with Gasteiger partial charge in [0.15, 0.2) is 5.49 Å². The van der Waals surface area contributed by atoms with Crippen LogP contribution >= 0.6 is 11.6 Å². The van der Waals surface area contributed by atoms with Crippen LogP contribution in [0.4, 0.5) is 5.95 Å². The topological polar surface area (TPSA) is 113 Å². The average molecular weight is 448 g/mol. The molecule has 1 amide bonds. The molecule has 8 nitrogen and oxygen atoms in total. The first-order valence-corrected chi connectivity index (χ1v) is 12.0. The molecule has 1 aliphatic carbocycles. The third kappa shape index (κ3) is 4.85. The minimum absolute atomic E-state index is 0.0357. The van der Waals surface area contributed by atoms with Crippen molar-refractivity contribution in [2.45, 2.75) is 43.7 Å². The van der Waals surface area contributed by atoms with Crippen molar-refractivity contribution in [3.8, 4) is 0 Å². The van der Waals surface area contributed by atoms with Gasteiger partial charge in [0, 0.05) is 28.5 Å². The number of sulfonamides is 1. The van der Waals surface area contributed by atoms with Crippen molar-refractivity contribution >= 4 is 39.6 Å². The summed E-state index contributed by atoms with van der Waals surface area (Å²) >= 11 is 6.24. The van der Waals surface area contributed by atoms with Crippen molar-refractivity contribution in [2.24, 2.45) is 4.99 Å². The zero-order valence-corrected chi connectivity index (χ0v) is 17.9. The molecule has 4 rings (SSSR count). The maximum absolute atomic E-state index is 12.6. The normalized spacial score (nSPS) is 23.8. The molecule has 0 radical (unpaired) electrons. The summed E-state index contributed by atoms with van der Waals surface area (Å²) in [5.74, 6) is -0.451. The number of aromatic nitrogens is 2. The SMILES string of the molecule is CS(=O)(=O)N[C@H]1CC[C@@H](Nc2ncc3c(n2)=NC(=O)C(c2ccccc2Cl)C=3)CC1. The van der Waals surface area contributed by atoms with E-state index < -0.39 is 15.9 Å². The fraction of sp³-hybridized carbons (Fsp3) is 0.400. The van der Waals surface area contributed by atoms with Crippen LogP contribution in [-0.2, 0) is 14.8 Å². The molecule has 2 heterocycles. The summed E-state index contributed by atoms with van der Waals surface area (Å²) in [4.78, 5) is 25.5. The van der Waals surface area contributed by atoms with Gasteiger partial charge in [0.2, 0.25) is 16.0 Å². The van der Waals surface area contributed by atoms with Crippen molar-refractivity contribution in [1.29, 1.82) is 0 Å². The van der Waals surface area contributed by atoms with E-state index in [0.717, 1.165) is 25.7 Å². The Labute approximate surface area is 179 Å². The van der Waals surface area contributed by atoms with Gasteiger partial charge in [-0.05, 0) is 37.3 Å². The van der Waals surface area contributed by atoms with Crippen molar-refractivity contribution in [2.75, 3.05) is 11.6 Å². The average Bonchev–Trinajstić information content (AvgIpc) is 2.68. The lowest BCUT2D eigenvalue weighted by atomic mass is 9.92. The molecule has 158 valence electrons. The smallest absolute Gasteiger partial charge is 0.259 e. The highest BCUT2D eigenvalue weighted by atomic mass is 35.5. The second-order valence-corrected chi connectivity index (χ2v) is 9.86. The summed E-state index contributed by atoms with van der Waals surface area (Å²) in [5.41, 5.74) is 1.05. The zero-order valence-electron chi connectivity index (χ0n) is 16.4. The van der Waals surface area contributed by atoms with Crippen molar-refractivity contribution in [3.05, 3.63) is 51.8 Å². The highest BCUT2D eigenvalue weighted by molar-refractivity contribution is 7.88. The van der Waals surface area contributed by atoms with Crippen LogP contribution in [0, 0.1) is 0 Å². The molecule has 0 saturated heterocycles. The molecule has 2 aliphatic rings. The van der Waals surface area contributed by atoms with Gasteiger partial charge in [0.25, 0.3) is 5.91 Å². The Balaban J connectivity index is 1.48. The second-order valence-electron chi connectivity index (χ2n) is 7.67. The first-order valence-electron chi connectivity index (χ1n) is 9.74. The maximum Gasteiger partial charge on any atom is 0.259 e. The third-order valence-corrected chi connectivity index (χ3v) is 6.41. The molecule has 1 aromatic carbocycles. The Morgan fingerprint density at radius 2 is 1.80 bits per heavy atom. The van der Waals surface area contributed by atoms with E-state index in [-0.39, 0.29) is 18.0 Å². The lowest BCUT2D eigenvalue weighted by Crippen LogP contribution is -2.40. The lowest BCUT2D eigenvalue weighted by molar-refractivity contribution is -0.118. The van der Waals surface area contributed by atoms with Crippen molar-refractivity contribution in [3.63, 3.8) is 0 Å². The highest BCUT2D eigenvalue weighted by Gasteiger charge is 2.25. The lowest BCUT2D eigenvalue weighted by Gasteiger charge is -2.29. The molecule has 2 aromatic rings. The van der Waals surface area contributed by atoms with E-state index in [1.165, 1.54) is 6.26 Å². The predicted molar refractivity (Wildman–Crippen MR) is 114 cm³/mol. The molecule has 1 aromatic heterocycles. The summed E-state index contributed by atoms with van der Waals surface area (Å²) in [6.45, 7) is 0. The number of carbonyl (C=O) groups is 1. The summed E-state index contributed by atoms with van der Waals surface area (Å²) in [5, 5.41) is 4.48. The minimum Gasteiger partial charge on any atom is -0.351 e. The Morgan fingerprint density at radius 1 is 1.10 bits per heavy atom. The van der Waals surface area contributed by atoms with Crippen LogP contribution in [0.25, 0.3) is 6.08 Å². The number of hydrogen-bond acceptors (Lipinski definition) is 6. The van der Waals surface area contributed by atoms with Gasteiger partial charge in [-0.15, -0.1) is 0 Å². The quantitative estimate of drug-likeness (QED) is 0.710. The predicted octanol–water partition coefficient (Wildman–Crippen LogP) is 1.13. The van der Waals surface area contributed by atoms with E-state index in [4.69, 9.17) is 11.6 Å². The summed E-state index contributed by atoms with van der Waals surface area (Å²) in [6.07, 6.45) is 7.70. The summed E-state index contributed by atoms with van der Waals surface area (Å²) < 4.78 is 25.4. The Kier molecular flexibility index (Phi) is 5.86. The van der Waals surface area contributed by atoms with Crippen LogP contribution in [-0.4, -0.2) is 42.6 Å². The zero-order chi connectivity index (χ0) is 21.3. The molecular formula is C20H22ClN5O3S. The highest BCUT2D eigenvalue weighted by Crippen LogP contribution is 2.27. The summed E-state index contributed by atoms with van der Waals surface area (Å²) in [7, 11) is -3.19. The molecule has 1 aliphatic heterocycles. The van der Waals surface area contributed by atoms with Gasteiger partial charge in [-0.2, -0.15) is 9.98 Å². The number of fused-ring (bicyclic) bond motifs is 1. The number of rotatable bonds is 5. The maximum atomic E-state index is 12.6. The Bertz CT molecular complexity index is 1190. The molecule has 1 unspecified atom stereocenters. The van der Waals surface area contributed by atoms with E-state index >= 15 is 0 Å². The van der Waals surface area contributed by atoms with Crippen LogP contribution in [0.15, 0.2) is 35.5 Å². The van der Waals surface area contributed by atoms with Crippen LogP contribution in [0.3, 0.4) is 0 Å². The van der Waals surface area contributed by atoms with E-state index in [9.17, 15) is 13.2 Å². The van der Waals surface area contributed by atoms with Crippen LogP contribution < -0.4 is 20.7 Å². The third-order valence-electron chi connectivity index (χ3n) is 5.31. The number of benzene rings is 1. The molecule has 1 saturated carbocycles. The van der Waals surface area contributed by atoms with E-state index in [1.54, 1.807) is 18.3 Å². The van der Waals surface area contributed by atoms with Crippen LogP contribution in [0.2, 0.25) is 5.02 Å². The number of nitrogens with zero attached hydrogens (tertiary/aromatic N) is 3. The van der Waals surface area contributed by atoms with Gasteiger partial charge in [-0.1, -0.05) is 35.9 Å². The first kappa shape index (κ1) is 20.9. The monoisotopic (exact) mass is 447 g/mol. The number of carbonyl (C=O) groups excluding carboxylic acids is 1. The largest absolute Gasteiger partial charge is 0.351 e. The standard InChI is InChI=1S/C20H22ClN5O3S/c1-30(28,29)26-14-8-6-13(7-9-14)23-20-22-11-12-10-16(19(27)24-18(12)25-20)15-4-2-3-5-17(15)21/h2-5,10-11,13-14,16,26H,6-9H2,1H3,(H,23,24,25,27)/t13-,14+,16?. The van der Waals surface area contributed by atoms with Gasteiger partial charge >= 0.3 is 0 Å². The van der Waals surface area contributed by atoms with Gasteiger partial charge in [0.05, 0.1) is 12.2 Å². The fourth-order valence-electron chi connectivity index (χ4n) is 3.87. The number of nitrogens with one attached hydrogen (secondary N) is 2. The van der Waals surface area contributed by atoms with Crippen LogP contribution in [0.5, 0.6) is 0 Å². The molecule has 1 fully saturated rings. The molecule has 1 atom stereocenters. The van der Waals surface area contributed by atoms with E-state index in [2.05, 4.69) is 25.0 Å². The van der Waals surface area contributed by atoms with Gasteiger partial charge in [-0.3, -0.25) is 4.79 Å². The number of amides is 1. The molecular weight excluding hydrogens is 426 g/mol. The minimum atomic E-state index is -3.19. The fourth-order valence-corrected chi connectivity index (χ4v) is 4.97. The molecule has 10 heteroatoms. The molecule has 30 heavy (non-hydrogen) atoms. The second kappa shape index (κ2) is 8.41. The number of halogens is 1. The van der Waals surface area contributed by atoms with Gasteiger partial charge in [-0.25, -0.2) is 18.1 Å². The van der Waals surface area contributed by atoms with Gasteiger partial charge < -0.3 is 5.32 Å². The molecule has 0 spiro atoms. The first-order chi connectivity index (χ1) is 14.3. The Morgan fingerprint density at radius 3 is 2.50 bits per heavy atom. The van der Waals surface area contributed by atoms with E-state index in [1.807, 2.05) is 18.2 Å². The number of anilines is 1. The van der Waals surface area contributed by atoms with Gasteiger partial charge in [0.1, 0.15) is 0 Å². The number of hydrogen-bond donors (Lipinski definition) is 2. The van der Waals surface area contributed by atoms with E-state index in [0.29, 0.717) is 27.2 Å². The Hall–Kier alpha value is -2.36. The van der Waals surface area contributed by atoms with Crippen molar-refractivity contribution < 1.29 is 13.2 Å². The molecule has 0 bridgehead atoms. The van der Waals surface area contributed by atoms with Crippen LogP contribution in [0.1, 0.15) is 37.2 Å².